The van der Waals surface area contributed by atoms with Gasteiger partial charge in [0.1, 0.15) is 4.88 Å². The normalized spacial score (nSPS) is 11.7. The molecule has 1 aromatic heterocycles. The van der Waals surface area contributed by atoms with Gasteiger partial charge in [-0.05, 0) is 29.8 Å². The first-order valence-electron chi connectivity index (χ1n) is 5.28. The molecule has 0 fully saturated rings. The standard InChI is InChI=1S/C11H18N2OS/c1-5-8-10(15-13-12-8)9(14)6-7-11(2,3)4/h5-7H2,1-4H3. The van der Waals surface area contributed by atoms with Gasteiger partial charge in [-0.2, -0.15) is 0 Å². The van der Waals surface area contributed by atoms with Crippen molar-refractivity contribution in [1.82, 2.24) is 9.59 Å². The fourth-order valence-corrected chi connectivity index (χ4v) is 1.97. The molecule has 0 bridgehead atoms. The van der Waals surface area contributed by atoms with Crippen LogP contribution in [0.1, 0.15) is 55.9 Å². The summed E-state index contributed by atoms with van der Waals surface area (Å²) in [5.74, 6) is 0.191. The maximum absolute atomic E-state index is 11.9. The highest BCUT2D eigenvalue weighted by molar-refractivity contribution is 7.08. The second kappa shape index (κ2) is 4.84. The number of hydrogen-bond donors (Lipinski definition) is 0. The van der Waals surface area contributed by atoms with Gasteiger partial charge in [0.2, 0.25) is 0 Å². The molecule has 15 heavy (non-hydrogen) atoms. The highest BCUT2D eigenvalue weighted by Gasteiger charge is 2.18. The molecule has 0 spiro atoms. The molecule has 0 amide bonds. The van der Waals surface area contributed by atoms with Crippen molar-refractivity contribution < 1.29 is 4.79 Å². The lowest BCUT2D eigenvalue weighted by atomic mass is 9.89. The monoisotopic (exact) mass is 226 g/mol. The molecule has 84 valence electrons. The van der Waals surface area contributed by atoms with Crippen molar-refractivity contribution in [3.05, 3.63) is 10.6 Å². The van der Waals surface area contributed by atoms with E-state index in [1.807, 2.05) is 6.92 Å². The van der Waals surface area contributed by atoms with E-state index in [1.54, 1.807) is 0 Å². The molecule has 0 aromatic carbocycles. The Kier molecular flexibility index (Phi) is 3.97. The summed E-state index contributed by atoms with van der Waals surface area (Å²) in [5.41, 5.74) is 1.05. The molecule has 0 saturated heterocycles. The number of aromatic nitrogens is 2. The van der Waals surface area contributed by atoms with Gasteiger partial charge in [0.05, 0.1) is 5.69 Å². The molecule has 3 nitrogen and oxygen atoms in total. The third-order valence-corrected chi connectivity index (χ3v) is 3.06. The molecule has 0 aliphatic carbocycles. The Morgan fingerprint density at radius 3 is 2.60 bits per heavy atom. The predicted octanol–water partition coefficient (Wildman–Crippen LogP) is 3.11. The molecule has 1 rings (SSSR count). The van der Waals surface area contributed by atoms with Crippen LogP contribution in [0, 0.1) is 5.41 Å². The number of Topliss-reactive ketones (excluding diaryl/α,β-unsaturated/α-hetero) is 1. The van der Waals surface area contributed by atoms with Gasteiger partial charge in [0.15, 0.2) is 5.78 Å². The van der Waals surface area contributed by atoms with Gasteiger partial charge in [-0.1, -0.05) is 32.2 Å². The van der Waals surface area contributed by atoms with E-state index in [9.17, 15) is 4.79 Å². The van der Waals surface area contributed by atoms with E-state index in [4.69, 9.17) is 0 Å². The lowest BCUT2D eigenvalue weighted by Gasteiger charge is -2.16. The van der Waals surface area contributed by atoms with Crippen molar-refractivity contribution in [3.63, 3.8) is 0 Å². The van der Waals surface area contributed by atoms with Crippen molar-refractivity contribution in [1.29, 1.82) is 0 Å². The quantitative estimate of drug-likeness (QED) is 0.741. The molecule has 1 aromatic rings. The zero-order valence-corrected chi connectivity index (χ0v) is 10.6. The number of carbonyl (C=O) groups is 1. The van der Waals surface area contributed by atoms with Crippen molar-refractivity contribution in [2.45, 2.75) is 47.0 Å². The number of nitrogens with zero attached hydrogens (tertiary/aromatic N) is 2. The van der Waals surface area contributed by atoms with Crippen molar-refractivity contribution in [3.8, 4) is 0 Å². The van der Waals surface area contributed by atoms with Crippen LogP contribution in [0.5, 0.6) is 0 Å². The average molecular weight is 226 g/mol. The molecule has 4 heteroatoms. The van der Waals surface area contributed by atoms with Gasteiger partial charge in [0.25, 0.3) is 0 Å². The van der Waals surface area contributed by atoms with Gasteiger partial charge >= 0.3 is 0 Å². The minimum Gasteiger partial charge on any atom is -0.293 e. The van der Waals surface area contributed by atoms with Crippen molar-refractivity contribution >= 4 is 17.3 Å². The van der Waals surface area contributed by atoms with Crippen LogP contribution in [0.4, 0.5) is 0 Å². The van der Waals surface area contributed by atoms with E-state index in [2.05, 4.69) is 30.4 Å². The first-order valence-corrected chi connectivity index (χ1v) is 6.06. The zero-order valence-electron chi connectivity index (χ0n) is 9.83. The molecule has 1 heterocycles. The minimum absolute atomic E-state index is 0.191. The van der Waals surface area contributed by atoms with Crippen LogP contribution < -0.4 is 0 Å². The number of rotatable bonds is 4. The topological polar surface area (TPSA) is 42.9 Å². The van der Waals surface area contributed by atoms with Crippen LogP contribution in [0.2, 0.25) is 0 Å². The summed E-state index contributed by atoms with van der Waals surface area (Å²) in [6.07, 6.45) is 2.29. The summed E-state index contributed by atoms with van der Waals surface area (Å²) in [7, 11) is 0. The molecule has 0 radical (unpaired) electrons. The first kappa shape index (κ1) is 12.3. The lowest BCUT2D eigenvalue weighted by molar-refractivity contribution is 0.0969. The largest absolute Gasteiger partial charge is 0.293 e. The van der Waals surface area contributed by atoms with Gasteiger partial charge in [-0.25, -0.2) is 0 Å². The fourth-order valence-electron chi connectivity index (χ4n) is 1.25. The Balaban J connectivity index is 2.62. The maximum atomic E-state index is 11.9. The number of hydrogen-bond acceptors (Lipinski definition) is 4. The number of carbonyl (C=O) groups excluding carboxylic acids is 1. The molecule has 0 aliphatic heterocycles. The molecular weight excluding hydrogens is 208 g/mol. The average Bonchev–Trinajstić information content (AvgIpc) is 2.60. The fraction of sp³-hybridized carbons (Fsp3) is 0.727. The Morgan fingerprint density at radius 2 is 2.07 bits per heavy atom. The summed E-state index contributed by atoms with van der Waals surface area (Å²) in [4.78, 5) is 12.6. The first-order chi connectivity index (χ1) is 6.94. The molecule has 0 atom stereocenters. The van der Waals surface area contributed by atoms with E-state index < -0.39 is 0 Å². The second-order valence-electron chi connectivity index (χ2n) is 4.89. The Hall–Kier alpha value is -0.770. The van der Waals surface area contributed by atoms with Gasteiger partial charge in [-0.15, -0.1) is 5.10 Å². The van der Waals surface area contributed by atoms with Crippen LogP contribution in [-0.2, 0) is 6.42 Å². The lowest BCUT2D eigenvalue weighted by Crippen LogP contribution is -2.09. The molecule has 0 aliphatic rings. The van der Waals surface area contributed by atoms with Crippen LogP contribution in [0.25, 0.3) is 0 Å². The third kappa shape index (κ3) is 3.70. The van der Waals surface area contributed by atoms with E-state index >= 15 is 0 Å². The van der Waals surface area contributed by atoms with Crippen LogP contribution >= 0.6 is 11.5 Å². The third-order valence-electron chi connectivity index (χ3n) is 2.25. The van der Waals surface area contributed by atoms with Gasteiger partial charge in [-0.3, -0.25) is 4.79 Å². The van der Waals surface area contributed by atoms with Crippen molar-refractivity contribution in [2.75, 3.05) is 0 Å². The SMILES string of the molecule is CCc1nnsc1C(=O)CCC(C)(C)C. The van der Waals surface area contributed by atoms with Crippen LogP contribution in [-0.4, -0.2) is 15.4 Å². The summed E-state index contributed by atoms with van der Waals surface area (Å²) in [6.45, 7) is 8.43. The van der Waals surface area contributed by atoms with Gasteiger partial charge < -0.3 is 0 Å². The summed E-state index contributed by atoms with van der Waals surface area (Å²) >= 11 is 1.22. The van der Waals surface area contributed by atoms with E-state index in [1.165, 1.54) is 11.5 Å². The van der Waals surface area contributed by atoms with Crippen LogP contribution in [0.15, 0.2) is 0 Å². The van der Waals surface area contributed by atoms with Crippen LogP contribution in [0.3, 0.4) is 0 Å². The summed E-state index contributed by atoms with van der Waals surface area (Å²) < 4.78 is 3.83. The highest BCUT2D eigenvalue weighted by Crippen LogP contribution is 2.23. The molecular formula is C11H18N2OS. The summed E-state index contributed by atoms with van der Waals surface area (Å²) in [5, 5.41) is 3.95. The van der Waals surface area contributed by atoms with E-state index in [-0.39, 0.29) is 11.2 Å². The van der Waals surface area contributed by atoms with E-state index in [0.29, 0.717) is 6.42 Å². The predicted molar refractivity (Wildman–Crippen MR) is 62.3 cm³/mol. The maximum Gasteiger partial charge on any atom is 0.176 e. The van der Waals surface area contributed by atoms with Crippen molar-refractivity contribution in [2.24, 2.45) is 5.41 Å². The molecule has 0 N–H and O–H groups in total. The van der Waals surface area contributed by atoms with Gasteiger partial charge in [0, 0.05) is 6.42 Å². The Bertz CT molecular complexity index is 339. The smallest absolute Gasteiger partial charge is 0.176 e. The minimum atomic E-state index is 0.191. The molecule has 0 saturated carbocycles. The summed E-state index contributed by atoms with van der Waals surface area (Å²) in [6, 6.07) is 0. The zero-order chi connectivity index (χ0) is 11.5. The number of aryl methyl sites for hydroxylation is 1. The Morgan fingerprint density at radius 1 is 1.40 bits per heavy atom. The van der Waals surface area contributed by atoms with E-state index in [0.717, 1.165) is 23.4 Å². The highest BCUT2D eigenvalue weighted by atomic mass is 32.1. The number of ketones is 1. The Labute approximate surface area is 95.1 Å². The molecule has 0 unspecified atom stereocenters. The second-order valence-corrected chi connectivity index (χ2v) is 5.64.